The molecule has 37 heavy (non-hydrogen) atoms. The molecule has 0 saturated heterocycles. The molecule has 0 spiro atoms. The Kier molecular flexibility index (Phi) is 9.10. The van der Waals surface area contributed by atoms with Crippen LogP contribution in [0.1, 0.15) is 59.2 Å². The fourth-order valence-electron chi connectivity index (χ4n) is 4.83. The van der Waals surface area contributed by atoms with Crippen molar-refractivity contribution >= 4 is 41.0 Å². The van der Waals surface area contributed by atoms with Crippen molar-refractivity contribution in [3.63, 3.8) is 0 Å². The molecule has 1 saturated carbocycles. The van der Waals surface area contributed by atoms with Gasteiger partial charge in [-0.25, -0.2) is 14.4 Å². The minimum atomic E-state index is -1.09. The van der Waals surface area contributed by atoms with Gasteiger partial charge in [-0.05, 0) is 68.9 Å². The molecule has 2 aromatic carbocycles. The number of carboxylic acids is 1. The van der Waals surface area contributed by atoms with Gasteiger partial charge in [0.2, 0.25) is 0 Å². The highest BCUT2D eigenvalue weighted by Crippen LogP contribution is 2.28. The summed E-state index contributed by atoms with van der Waals surface area (Å²) in [6.45, 7) is 5.75. The Morgan fingerprint density at radius 1 is 0.865 bits per heavy atom. The van der Waals surface area contributed by atoms with Gasteiger partial charge in [-0.3, -0.25) is 4.79 Å². The molecule has 1 aliphatic rings. The lowest BCUT2D eigenvalue weighted by Gasteiger charge is -2.28. The number of aliphatic carboxylic acids is 1. The summed E-state index contributed by atoms with van der Waals surface area (Å²) in [7, 11) is 1.47. The first kappa shape index (κ1) is 27.5. The van der Waals surface area contributed by atoms with Crippen molar-refractivity contribution in [1.82, 2.24) is 10.6 Å². The fourth-order valence-corrected chi connectivity index (χ4v) is 4.83. The molecule has 0 aromatic heterocycles. The average molecular weight is 510 g/mol. The highest BCUT2D eigenvalue weighted by molar-refractivity contribution is 6.08. The summed E-state index contributed by atoms with van der Waals surface area (Å²) in [6.07, 6.45) is 4.37. The predicted molar refractivity (Wildman–Crippen MR) is 143 cm³/mol. The van der Waals surface area contributed by atoms with Gasteiger partial charge >= 0.3 is 18.0 Å². The Morgan fingerprint density at radius 2 is 1.51 bits per heavy atom. The molecule has 1 fully saturated rings. The molecule has 1 unspecified atom stereocenters. The number of amides is 5. The molecule has 10 nitrogen and oxygen atoms in total. The van der Waals surface area contributed by atoms with Gasteiger partial charge in [0.15, 0.2) is 0 Å². The van der Waals surface area contributed by atoms with E-state index in [1.54, 1.807) is 0 Å². The molecule has 1 aliphatic carbocycles. The van der Waals surface area contributed by atoms with Crippen LogP contribution in [0.2, 0.25) is 0 Å². The van der Waals surface area contributed by atoms with Crippen LogP contribution in [0.25, 0.3) is 0 Å². The van der Waals surface area contributed by atoms with Crippen molar-refractivity contribution in [2.45, 2.75) is 58.9 Å². The van der Waals surface area contributed by atoms with Crippen LogP contribution in [0.5, 0.6) is 0 Å². The van der Waals surface area contributed by atoms with Crippen LogP contribution in [0.15, 0.2) is 30.3 Å². The molecule has 6 N–H and O–H groups in total. The predicted octanol–water partition coefficient (Wildman–Crippen LogP) is 4.77. The maximum absolute atomic E-state index is 13.3. The summed E-state index contributed by atoms with van der Waals surface area (Å²) in [5, 5.41) is 23.0. The van der Waals surface area contributed by atoms with Crippen LogP contribution in [0.4, 0.5) is 26.7 Å². The Hall–Kier alpha value is -4.08. The standard InChI is InChI=1S/C27H35N5O5/c1-15-12-16(2)22(17(3)13-15)32-27(37)30-21-14-19(29-26(36)28-4)10-11-20(21)24(33)31-23(25(34)35)18-8-6-5-7-9-18/h10-14,18,23H,5-9H2,1-4H3,(H,31,33)(H,34,35)(H2,28,29,36)(H2,30,32,37). The summed E-state index contributed by atoms with van der Waals surface area (Å²) in [4.78, 5) is 50.0. The van der Waals surface area contributed by atoms with Gasteiger partial charge in [0.1, 0.15) is 6.04 Å². The SMILES string of the molecule is CNC(=O)Nc1ccc(C(=O)NC(C(=O)O)C2CCCCC2)c(NC(=O)Nc2c(C)cc(C)cc2C)c1. The number of carboxylic acid groups (broad SMARTS) is 1. The second-order valence-electron chi connectivity index (χ2n) is 9.50. The quantitative estimate of drug-likeness (QED) is 0.318. The van der Waals surface area contributed by atoms with E-state index in [1.807, 2.05) is 32.9 Å². The van der Waals surface area contributed by atoms with Gasteiger partial charge in [-0.15, -0.1) is 0 Å². The second kappa shape index (κ2) is 12.2. The summed E-state index contributed by atoms with van der Waals surface area (Å²) in [6, 6.07) is 6.23. The van der Waals surface area contributed by atoms with E-state index in [0.717, 1.165) is 48.8 Å². The van der Waals surface area contributed by atoms with Gasteiger partial charge in [0.05, 0.1) is 11.3 Å². The average Bonchev–Trinajstić information content (AvgIpc) is 2.85. The van der Waals surface area contributed by atoms with Crippen LogP contribution in [-0.4, -0.2) is 42.1 Å². The number of hydrogen-bond donors (Lipinski definition) is 6. The number of anilines is 3. The highest BCUT2D eigenvalue weighted by Gasteiger charge is 2.31. The Labute approximate surface area is 216 Å². The van der Waals surface area contributed by atoms with E-state index in [9.17, 15) is 24.3 Å². The maximum atomic E-state index is 13.3. The third-order valence-electron chi connectivity index (χ3n) is 6.59. The molecule has 2 aromatic rings. The van der Waals surface area contributed by atoms with Crippen molar-refractivity contribution in [2.75, 3.05) is 23.0 Å². The number of rotatable bonds is 7. The van der Waals surface area contributed by atoms with Crippen LogP contribution < -0.4 is 26.6 Å². The van der Waals surface area contributed by atoms with Crippen molar-refractivity contribution < 1.29 is 24.3 Å². The Bertz CT molecular complexity index is 1170. The lowest BCUT2D eigenvalue weighted by Crippen LogP contribution is -2.46. The van der Waals surface area contributed by atoms with Crippen molar-refractivity contribution in [1.29, 1.82) is 0 Å². The molecule has 5 amide bonds. The van der Waals surface area contributed by atoms with Gasteiger partial charge in [-0.2, -0.15) is 0 Å². The lowest BCUT2D eigenvalue weighted by atomic mass is 9.84. The molecule has 10 heteroatoms. The van der Waals surface area contributed by atoms with Gasteiger partial charge in [0, 0.05) is 18.4 Å². The number of carbonyl (C=O) groups excluding carboxylic acids is 3. The monoisotopic (exact) mass is 509 g/mol. The smallest absolute Gasteiger partial charge is 0.326 e. The minimum Gasteiger partial charge on any atom is -0.480 e. The molecule has 0 radical (unpaired) electrons. The first-order chi connectivity index (χ1) is 17.6. The zero-order chi connectivity index (χ0) is 27.1. The summed E-state index contributed by atoms with van der Waals surface area (Å²) < 4.78 is 0. The number of aryl methyl sites for hydroxylation is 3. The minimum absolute atomic E-state index is 0.0806. The normalized spacial score (nSPS) is 14.3. The highest BCUT2D eigenvalue weighted by atomic mass is 16.4. The number of hydrogen-bond acceptors (Lipinski definition) is 4. The van der Waals surface area contributed by atoms with Crippen LogP contribution in [0, 0.1) is 26.7 Å². The summed E-state index contributed by atoms with van der Waals surface area (Å²) in [5.41, 5.74) is 4.04. The number of carbonyl (C=O) groups is 4. The topological polar surface area (TPSA) is 149 Å². The Morgan fingerprint density at radius 3 is 2.11 bits per heavy atom. The third kappa shape index (κ3) is 7.22. The van der Waals surface area contributed by atoms with Crippen LogP contribution in [-0.2, 0) is 4.79 Å². The van der Waals surface area contributed by atoms with Crippen molar-refractivity contribution in [3.05, 3.63) is 52.6 Å². The van der Waals surface area contributed by atoms with Crippen LogP contribution >= 0.6 is 0 Å². The molecule has 0 bridgehead atoms. The van der Waals surface area contributed by atoms with Crippen LogP contribution in [0.3, 0.4) is 0 Å². The number of urea groups is 2. The van der Waals surface area contributed by atoms with E-state index in [0.29, 0.717) is 11.4 Å². The molecular formula is C27H35N5O5. The molecule has 3 rings (SSSR count). The van der Waals surface area contributed by atoms with E-state index < -0.39 is 30.0 Å². The first-order valence-corrected chi connectivity index (χ1v) is 12.4. The largest absolute Gasteiger partial charge is 0.480 e. The third-order valence-corrected chi connectivity index (χ3v) is 6.59. The van der Waals surface area contributed by atoms with E-state index in [2.05, 4.69) is 26.6 Å². The number of nitrogens with one attached hydrogen (secondary N) is 5. The van der Waals surface area contributed by atoms with Gasteiger partial charge in [0.25, 0.3) is 5.91 Å². The van der Waals surface area contributed by atoms with E-state index in [-0.39, 0.29) is 17.2 Å². The first-order valence-electron chi connectivity index (χ1n) is 12.4. The lowest BCUT2D eigenvalue weighted by molar-refractivity contribution is -0.141. The molecule has 0 heterocycles. The van der Waals surface area contributed by atoms with Crippen molar-refractivity contribution in [3.8, 4) is 0 Å². The van der Waals surface area contributed by atoms with Crippen molar-refractivity contribution in [2.24, 2.45) is 5.92 Å². The summed E-state index contributed by atoms with van der Waals surface area (Å²) in [5.74, 6) is -1.87. The molecule has 0 aliphatic heterocycles. The van der Waals surface area contributed by atoms with Gasteiger partial charge in [-0.1, -0.05) is 37.0 Å². The van der Waals surface area contributed by atoms with E-state index >= 15 is 0 Å². The molecule has 198 valence electrons. The second-order valence-corrected chi connectivity index (χ2v) is 9.50. The molecule has 1 atom stereocenters. The fraction of sp³-hybridized carbons (Fsp3) is 0.407. The van der Waals surface area contributed by atoms with Gasteiger partial charge < -0.3 is 31.7 Å². The zero-order valence-corrected chi connectivity index (χ0v) is 21.7. The van der Waals surface area contributed by atoms with E-state index in [4.69, 9.17) is 0 Å². The number of benzene rings is 2. The maximum Gasteiger partial charge on any atom is 0.326 e. The zero-order valence-electron chi connectivity index (χ0n) is 21.7. The molecular weight excluding hydrogens is 474 g/mol. The Balaban J connectivity index is 1.87. The summed E-state index contributed by atoms with van der Waals surface area (Å²) >= 11 is 0. The van der Waals surface area contributed by atoms with E-state index in [1.165, 1.54) is 25.2 Å².